The van der Waals surface area contributed by atoms with Gasteiger partial charge < -0.3 is 10.6 Å². The highest BCUT2D eigenvalue weighted by atomic mass is 35.5. The zero-order valence-corrected chi connectivity index (χ0v) is 13.4. The summed E-state index contributed by atoms with van der Waals surface area (Å²) < 4.78 is 0. The van der Waals surface area contributed by atoms with Gasteiger partial charge in [-0.2, -0.15) is 0 Å². The van der Waals surface area contributed by atoms with Gasteiger partial charge in [0.05, 0.1) is 0 Å². The van der Waals surface area contributed by atoms with Crippen LogP contribution in [-0.4, -0.2) is 5.11 Å². The lowest BCUT2D eigenvalue weighted by molar-refractivity contribution is 0.912. The van der Waals surface area contributed by atoms with Crippen molar-refractivity contribution < 1.29 is 0 Å². The van der Waals surface area contributed by atoms with Crippen molar-refractivity contribution in [1.82, 2.24) is 0 Å². The first-order valence-electron chi connectivity index (χ1n) is 7.08. The molecular weight excluding hydrogens is 300 g/mol. The quantitative estimate of drug-likeness (QED) is 0.767. The molecule has 2 N–H and O–H groups in total. The molecule has 21 heavy (non-hydrogen) atoms. The van der Waals surface area contributed by atoms with Crippen LogP contribution in [0.15, 0.2) is 36.4 Å². The molecule has 0 heterocycles. The monoisotopic (exact) mass is 316 g/mol. The minimum Gasteiger partial charge on any atom is -0.332 e. The average Bonchev–Trinajstić information content (AvgIpc) is 2.89. The molecule has 3 rings (SSSR count). The molecule has 1 aliphatic carbocycles. The summed E-state index contributed by atoms with van der Waals surface area (Å²) in [5, 5.41) is 7.79. The Morgan fingerprint density at radius 3 is 2.67 bits per heavy atom. The van der Waals surface area contributed by atoms with Crippen molar-refractivity contribution in [2.75, 3.05) is 10.6 Å². The van der Waals surface area contributed by atoms with Gasteiger partial charge in [-0.3, -0.25) is 0 Å². The minimum absolute atomic E-state index is 0.596. The number of thiocarbonyl (C=S) groups is 1. The number of benzene rings is 2. The SMILES string of the molecule is Cc1cc(Cl)ccc1NC(=S)Nc1ccc2c(c1)CCC2. The molecule has 2 nitrogen and oxygen atoms in total. The third-order valence-electron chi connectivity index (χ3n) is 3.79. The number of rotatable bonds is 2. The Morgan fingerprint density at radius 2 is 1.86 bits per heavy atom. The zero-order chi connectivity index (χ0) is 14.8. The minimum atomic E-state index is 0.596. The molecule has 1 aliphatic rings. The summed E-state index contributed by atoms with van der Waals surface area (Å²) in [6.45, 7) is 2.01. The van der Waals surface area contributed by atoms with E-state index in [9.17, 15) is 0 Å². The fraction of sp³-hybridized carbons (Fsp3) is 0.235. The normalized spacial score (nSPS) is 12.9. The first-order valence-corrected chi connectivity index (χ1v) is 7.86. The molecule has 0 saturated heterocycles. The van der Waals surface area contributed by atoms with Crippen LogP contribution in [-0.2, 0) is 12.8 Å². The lowest BCUT2D eigenvalue weighted by atomic mass is 10.1. The second kappa shape index (κ2) is 6.04. The van der Waals surface area contributed by atoms with Crippen LogP contribution in [0.5, 0.6) is 0 Å². The topological polar surface area (TPSA) is 24.1 Å². The van der Waals surface area contributed by atoms with E-state index in [0.717, 1.165) is 22.0 Å². The van der Waals surface area contributed by atoms with Crippen LogP contribution in [0, 0.1) is 6.92 Å². The van der Waals surface area contributed by atoms with Crippen molar-refractivity contribution in [2.24, 2.45) is 0 Å². The van der Waals surface area contributed by atoms with E-state index in [-0.39, 0.29) is 0 Å². The number of nitrogens with one attached hydrogen (secondary N) is 2. The summed E-state index contributed by atoms with van der Waals surface area (Å²) in [5.41, 5.74) is 5.98. The molecule has 2 aromatic carbocycles. The molecular formula is C17H17ClN2S. The maximum Gasteiger partial charge on any atom is 0.175 e. The van der Waals surface area contributed by atoms with Crippen molar-refractivity contribution in [1.29, 1.82) is 0 Å². The number of anilines is 2. The van der Waals surface area contributed by atoms with E-state index in [2.05, 4.69) is 28.8 Å². The van der Waals surface area contributed by atoms with Crippen LogP contribution in [0.3, 0.4) is 0 Å². The van der Waals surface area contributed by atoms with E-state index in [0.29, 0.717) is 5.11 Å². The third kappa shape index (κ3) is 3.36. The van der Waals surface area contributed by atoms with Gasteiger partial charge in [0, 0.05) is 16.4 Å². The van der Waals surface area contributed by atoms with Crippen LogP contribution in [0.4, 0.5) is 11.4 Å². The maximum atomic E-state index is 5.96. The van der Waals surface area contributed by atoms with E-state index in [1.54, 1.807) is 0 Å². The summed E-state index contributed by atoms with van der Waals surface area (Å²) in [5.74, 6) is 0. The Morgan fingerprint density at radius 1 is 1.05 bits per heavy atom. The molecule has 0 unspecified atom stereocenters. The predicted molar refractivity (Wildman–Crippen MR) is 94.5 cm³/mol. The highest BCUT2D eigenvalue weighted by Gasteiger charge is 2.11. The highest BCUT2D eigenvalue weighted by Crippen LogP contribution is 2.25. The molecule has 0 spiro atoms. The zero-order valence-electron chi connectivity index (χ0n) is 11.9. The Bertz CT molecular complexity index is 697. The molecule has 0 atom stereocenters. The number of aryl methyl sites for hydroxylation is 3. The fourth-order valence-corrected chi connectivity index (χ4v) is 3.16. The summed E-state index contributed by atoms with van der Waals surface area (Å²) >= 11 is 11.3. The van der Waals surface area contributed by atoms with Crippen molar-refractivity contribution in [2.45, 2.75) is 26.2 Å². The Labute approximate surface area is 135 Å². The van der Waals surface area contributed by atoms with Crippen LogP contribution in [0.25, 0.3) is 0 Å². The van der Waals surface area contributed by atoms with E-state index < -0.39 is 0 Å². The lowest BCUT2D eigenvalue weighted by Gasteiger charge is -2.13. The van der Waals surface area contributed by atoms with Crippen molar-refractivity contribution >= 4 is 40.3 Å². The van der Waals surface area contributed by atoms with Gasteiger partial charge in [-0.15, -0.1) is 0 Å². The molecule has 4 heteroatoms. The highest BCUT2D eigenvalue weighted by molar-refractivity contribution is 7.80. The van der Waals surface area contributed by atoms with Crippen molar-refractivity contribution in [3.63, 3.8) is 0 Å². The Kier molecular flexibility index (Phi) is 4.13. The number of fused-ring (bicyclic) bond motifs is 1. The van der Waals surface area contributed by atoms with Crippen molar-refractivity contribution in [3.05, 3.63) is 58.1 Å². The van der Waals surface area contributed by atoms with Gasteiger partial charge in [-0.1, -0.05) is 17.7 Å². The van der Waals surface area contributed by atoms with E-state index >= 15 is 0 Å². The first kappa shape index (κ1) is 14.4. The van der Waals surface area contributed by atoms with Crippen LogP contribution >= 0.6 is 23.8 Å². The van der Waals surface area contributed by atoms with Gasteiger partial charge >= 0.3 is 0 Å². The molecule has 2 aromatic rings. The molecule has 0 aromatic heterocycles. The van der Waals surface area contributed by atoms with Gasteiger partial charge in [-0.05, 0) is 85.4 Å². The van der Waals surface area contributed by atoms with Gasteiger partial charge in [0.2, 0.25) is 0 Å². The lowest BCUT2D eigenvalue weighted by Crippen LogP contribution is -2.19. The second-order valence-electron chi connectivity index (χ2n) is 5.38. The van der Waals surface area contributed by atoms with Gasteiger partial charge in [0.1, 0.15) is 0 Å². The summed E-state index contributed by atoms with van der Waals surface area (Å²) in [6, 6.07) is 12.2. The van der Waals surface area contributed by atoms with Crippen molar-refractivity contribution in [3.8, 4) is 0 Å². The first-order chi connectivity index (χ1) is 10.1. The summed E-state index contributed by atoms with van der Waals surface area (Å²) in [4.78, 5) is 0. The molecule has 108 valence electrons. The largest absolute Gasteiger partial charge is 0.332 e. The standard InChI is InChI=1S/C17H17ClN2S/c1-11-9-14(18)6-8-16(11)20-17(21)19-15-7-5-12-3-2-4-13(12)10-15/h5-10H,2-4H2,1H3,(H2,19,20,21). The summed E-state index contributed by atoms with van der Waals surface area (Å²) in [7, 11) is 0. The van der Waals surface area contributed by atoms with E-state index in [1.165, 1.54) is 30.4 Å². The van der Waals surface area contributed by atoms with E-state index in [1.807, 2.05) is 25.1 Å². The Balaban J connectivity index is 1.69. The van der Waals surface area contributed by atoms with Gasteiger partial charge in [-0.25, -0.2) is 0 Å². The summed E-state index contributed by atoms with van der Waals surface area (Å²) in [6.07, 6.45) is 3.62. The predicted octanol–water partition coefficient (Wildman–Crippen LogP) is 4.95. The van der Waals surface area contributed by atoms with Crippen LogP contribution in [0.2, 0.25) is 5.02 Å². The van der Waals surface area contributed by atoms with Gasteiger partial charge in [0.25, 0.3) is 0 Å². The second-order valence-corrected chi connectivity index (χ2v) is 6.22. The fourth-order valence-electron chi connectivity index (χ4n) is 2.70. The van der Waals surface area contributed by atoms with Crippen LogP contribution in [0.1, 0.15) is 23.1 Å². The Hall–Kier alpha value is -1.58. The number of hydrogen-bond donors (Lipinski definition) is 2. The molecule has 0 saturated carbocycles. The van der Waals surface area contributed by atoms with Gasteiger partial charge in [0.15, 0.2) is 5.11 Å². The molecule has 0 fully saturated rings. The molecule has 0 bridgehead atoms. The van der Waals surface area contributed by atoms with Crippen LogP contribution < -0.4 is 10.6 Å². The average molecular weight is 317 g/mol. The molecule has 0 radical (unpaired) electrons. The molecule has 0 amide bonds. The third-order valence-corrected chi connectivity index (χ3v) is 4.23. The van der Waals surface area contributed by atoms with E-state index in [4.69, 9.17) is 23.8 Å². The molecule has 0 aliphatic heterocycles. The number of hydrogen-bond acceptors (Lipinski definition) is 1. The smallest absolute Gasteiger partial charge is 0.175 e. The number of halogens is 1. The maximum absolute atomic E-state index is 5.96.